The van der Waals surface area contributed by atoms with Crippen LogP contribution in [0.3, 0.4) is 0 Å². The van der Waals surface area contributed by atoms with Crippen molar-refractivity contribution in [1.82, 2.24) is 0 Å². The fraction of sp³-hybridized carbons (Fsp3) is 0.280. The van der Waals surface area contributed by atoms with E-state index in [9.17, 15) is 0 Å². The van der Waals surface area contributed by atoms with E-state index >= 15 is 0 Å². The Morgan fingerprint density at radius 2 is 0.949 bits per heavy atom. The minimum Gasteiger partial charge on any atom is -0.334 e. The Bertz CT molecular complexity index is 3900. The highest BCUT2D eigenvalue weighted by Gasteiger charge is 2.61. The molecule has 0 amide bonds. The van der Waals surface area contributed by atoms with Gasteiger partial charge in [0.25, 0.3) is 6.71 Å². The number of benzene rings is 9. The van der Waals surface area contributed by atoms with Crippen LogP contribution < -0.4 is 31.1 Å². The number of fused-ring (bicyclic) bond motifs is 8. The number of hydrogen-bond donors (Lipinski definition) is 0. The quantitative estimate of drug-likeness (QED) is 0.154. The molecule has 1 fully saturated rings. The van der Waals surface area contributed by atoms with Gasteiger partial charge in [-0.05, 0) is 189 Å². The highest BCUT2D eigenvalue weighted by atomic mass is 15.3. The minimum absolute atomic E-state index is 0.0336. The van der Waals surface area contributed by atoms with Crippen LogP contribution in [0.2, 0.25) is 0 Å². The Labute approximate surface area is 471 Å². The van der Waals surface area contributed by atoms with Gasteiger partial charge in [0.2, 0.25) is 0 Å². The molecular formula is C75H74BN3. The first-order valence-electron chi connectivity index (χ1n) is 29.3. The summed E-state index contributed by atoms with van der Waals surface area (Å²) in [6, 6.07) is 75.9. The third kappa shape index (κ3) is 7.60. The summed E-state index contributed by atoms with van der Waals surface area (Å²) in [5.74, 6) is 0. The van der Waals surface area contributed by atoms with Gasteiger partial charge in [-0.3, -0.25) is 0 Å². The molecule has 14 rings (SSSR count). The maximum Gasteiger partial charge on any atom is 0.252 e. The first-order valence-corrected chi connectivity index (χ1v) is 29.3. The summed E-state index contributed by atoms with van der Waals surface area (Å²) < 4.78 is 0. The molecule has 79 heavy (non-hydrogen) atoms. The van der Waals surface area contributed by atoms with Crippen molar-refractivity contribution >= 4 is 68.6 Å². The summed E-state index contributed by atoms with van der Waals surface area (Å²) in [5, 5.41) is 0. The summed E-state index contributed by atoms with van der Waals surface area (Å²) in [6.45, 7) is 23.8. The fourth-order valence-electron chi connectivity index (χ4n) is 15.6. The largest absolute Gasteiger partial charge is 0.334 e. The summed E-state index contributed by atoms with van der Waals surface area (Å²) in [7, 11) is 0. The van der Waals surface area contributed by atoms with Gasteiger partial charge >= 0.3 is 0 Å². The Balaban J connectivity index is 1.09. The SMILES string of the molecule is Cc1cc2c3c(c1)N(c1ccc(C(C)(C)C)cc1-c1ccccc1)c1cc4c(cc1B3c1cc(N3c5ccccc5C5(c6ccccc6)CCCCC35C)ccc1N2c1ccc(C(C)(C)C)cc1-c1ccccc1)CC(C)(C)C4. The zero-order valence-electron chi connectivity index (χ0n) is 48.1. The predicted molar refractivity (Wildman–Crippen MR) is 337 cm³/mol. The number of aryl methyl sites for hydroxylation is 1. The molecule has 392 valence electrons. The van der Waals surface area contributed by atoms with Gasteiger partial charge in [0.05, 0.1) is 16.9 Å². The topological polar surface area (TPSA) is 9.72 Å². The molecular weight excluding hydrogens is 954 g/mol. The lowest BCUT2D eigenvalue weighted by molar-refractivity contribution is 0.215. The van der Waals surface area contributed by atoms with Crippen LogP contribution in [0.5, 0.6) is 0 Å². The molecule has 5 aliphatic rings. The molecule has 4 heteroatoms. The molecule has 0 bridgehead atoms. The van der Waals surface area contributed by atoms with Gasteiger partial charge in [0, 0.05) is 50.7 Å². The lowest BCUT2D eigenvalue weighted by atomic mass is 9.33. The summed E-state index contributed by atoms with van der Waals surface area (Å²) in [5.41, 5.74) is 28.6. The maximum absolute atomic E-state index is 2.81. The van der Waals surface area contributed by atoms with Gasteiger partial charge in [0.1, 0.15) is 0 Å². The van der Waals surface area contributed by atoms with Crippen LogP contribution in [-0.2, 0) is 29.1 Å². The molecule has 0 N–H and O–H groups in total. The molecule has 0 aromatic heterocycles. The average molecular weight is 1030 g/mol. The van der Waals surface area contributed by atoms with E-state index in [0.29, 0.717) is 0 Å². The Hall–Kier alpha value is -7.56. The average Bonchev–Trinajstić information content (AvgIpc) is 3.85. The zero-order valence-corrected chi connectivity index (χ0v) is 48.1. The molecule has 1 saturated carbocycles. The van der Waals surface area contributed by atoms with Crippen LogP contribution in [0.15, 0.2) is 194 Å². The molecule has 0 spiro atoms. The molecule has 0 saturated heterocycles. The number of para-hydroxylation sites is 1. The van der Waals surface area contributed by atoms with Crippen molar-refractivity contribution in [2.45, 2.75) is 130 Å². The lowest BCUT2D eigenvalue weighted by Gasteiger charge is -2.52. The first kappa shape index (κ1) is 49.7. The Kier molecular flexibility index (Phi) is 11.2. The number of nitrogens with zero attached hydrogens (tertiary/aromatic N) is 3. The van der Waals surface area contributed by atoms with Gasteiger partial charge in [-0.15, -0.1) is 0 Å². The number of hydrogen-bond acceptors (Lipinski definition) is 3. The van der Waals surface area contributed by atoms with E-state index in [1.54, 1.807) is 0 Å². The molecule has 0 radical (unpaired) electrons. The predicted octanol–water partition coefficient (Wildman–Crippen LogP) is 17.9. The summed E-state index contributed by atoms with van der Waals surface area (Å²) >= 11 is 0. The molecule has 2 atom stereocenters. The van der Waals surface area contributed by atoms with E-state index < -0.39 is 0 Å². The molecule has 3 heterocycles. The van der Waals surface area contributed by atoms with Crippen molar-refractivity contribution in [2.24, 2.45) is 5.41 Å². The normalized spacial score (nSPS) is 19.6. The first-order chi connectivity index (χ1) is 37.9. The Morgan fingerprint density at radius 3 is 1.54 bits per heavy atom. The van der Waals surface area contributed by atoms with Crippen LogP contribution in [0.4, 0.5) is 45.5 Å². The van der Waals surface area contributed by atoms with E-state index in [0.717, 1.165) is 25.7 Å². The van der Waals surface area contributed by atoms with Gasteiger partial charge in [-0.2, -0.15) is 0 Å². The minimum atomic E-state index is -0.205. The van der Waals surface area contributed by atoms with Crippen molar-refractivity contribution in [2.75, 3.05) is 14.7 Å². The van der Waals surface area contributed by atoms with Crippen molar-refractivity contribution in [3.8, 4) is 22.3 Å². The van der Waals surface area contributed by atoms with Crippen molar-refractivity contribution in [1.29, 1.82) is 0 Å². The van der Waals surface area contributed by atoms with Gasteiger partial charge in [-0.1, -0.05) is 196 Å². The smallest absolute Gasteiger partial charge is 0.252 e. The van der Waals surface area contributed by atoms with Crippen LogP contribution in [0.25, 0.3) is 22.3 Å². The fourth-order valence-corrected chi connectivity index (χ4v) is 15.6. The third-order valence-electron chi connectivity index (χ3n) is 19.2. The van der Waals surface area contributed by atoms with Crippen LogP contribution in [0, 0.1) is 12.3 Å². The standard InChI is InChI=1S/C75H74BN3/c1-49-40-68-70-69(41-49)78(64-36-33-56(72(5,6)7)45-59(64)51-26-16-12-17-27-51)67-43-53-48-73(8,9)47-52(53)42-61(67)76(70)62-46-57(34-37-66(62)77(68)63-35-32-55(71(2,3)4)44-58(63)50-24-14-11-15-25-50)79-65-31-21-20-30-60(65)75(54-28-18-13-19-29-54)39-23-22-38-74(75,79)10/h11-21,24-37,40-46H,22-23,38-39,47-48H2,1-10H3. The highest BCUT2D eigenvalue weighted by molar-refractivity contribution is 7.00. The second-order valence-electron chi connectivity index (χ2n) is 27.1. The number of rotatable bonds is 6. The van der Waals surface area contributed by atoms with E-state index in [1.165, 1.54) is 136 Å². The van der Waals surface area contributed by atoms with Gasteiger partial charge in [-0.25, -0.2) is 0 Å². The molecule has 2 aliphatic carbocycles. The molecule has 3 aliphatic heterocycles. The van der Waals surface area contributed by atoms with E-state index in [2.05, 4.69) is 278 Å². The van der Waals surface area contributed by atoms with E-state index in [4.69, 9.17) is 0 Å². The molecule has 9 aromatic rings. The lowest BCUT2D eigenvalue weighted by Crippen LogP contribution is -2.62. The third-order valence-corrected chi connectivity index (χ3v) is 19.2. The summed E-state index contributed by atoms with van der Waals surface area (Å²) in [6.07, 6.45) is 6.77. The van der Waals surface area contributed by atoms with Crippen LogP contribution >= 0.6 is 0 Å². The highest BCUT2D eigenvalue weighted by Crippen LogP contribution is 2.64. The second-order valence-corrected chi connectivity index (χ2v) is 27.1. The van der Waals surface area contributed by atoms with Gasteiger partial charge < -0.3 is 14.7 Å². The van der Waals surface area contributed by atoms with Crippen molar-refractivity contribution in [3.05, 3.63) is 233 Å². The summed E-state index contributed by atoms with van der Waals surface area (Å²) in [4.78, 5) is 8.17. The molecule has 9 aromatic carbocycles. The zero-order chi connectivity index (χ0) is 54.4. The molecule has 3 nitrogen and oxygen atoms in total. The van der Waals surface area contributed by atoms with Crippen LogP contribution in [-0.4, -0.2) is 12.3 Å². The monoisotopic (exact) mass is 1030 g/mol. The van der Waals surface area contributed by atoms with Crippen molar-refractivity contribution in [3.63, 3.8) is 0 Å². The number of anilines is 8. The van der Waals surface area contributed by atoms with Gasteiger partial charge in [0.15, 0.2) is 0 Å². The molecule has 2 unspecified atom stereocenters. The van der Waals surface area contributed by atoms with E-state index in [-0.39, 0.29) is 33.9 Å². The van der Waals surface area contributed by atoms with Crippen molar-refractivity contribution < 1.29 is 0 Å². The Morgan fingerprint density at radius 1 is 0.443 bits per heavy atom. The maximum atomic E-state index is 2.81. The van der Waals surface area contributed by atoms with E-state index in [1.807, 2.05) is 0 Å². The van der Waals surface area contributed by atoms with Crippen LogP contribution in [0.1, 0.15) is 127 Å². The second kappa shape index (κ2) is 17.7.